The summed E-state index contributed by atoms with van der Waals surface area (Å²) in [6.45, 7) is 0. The minimum Gasteiger partial charge on any atom is -0.299 e. The van der Waals surface area contributed by atoms with Crippen molar-refractivity contribution in [2.75, 3.05) is 5.33 Å². The lowest BCUT2D eigenvalue weighted by atomic mass is 9.64. The lowest BCUT2D eigenvalue weighted by molar-refractivity contribution is -0.139. The number of halogens is 1. The van der Waals surface area contributed by atoms with Crippen LogP contribution in [-0.4, -0.2) is 11.1 Å². The number of Topliss-reactive ketones (excluding diaryl/α,β-unsaturated/α-hetero) is 1. The summed E-state index contributed by atoms with van der Waals surface area (Å²) < 4.78 is 0. The summed E-state index contributed by atoms with van der Waals surface area (Å²) in [5.74, 6) is 1.82. The van der Waals surface area contributed by atoms with Gasteiger partial charge in [-0.05, 0) is 18.8 Å². The molecule has 2 aliphatic rings. The zero-order chi connectivity index (χ0) is 7.84. The second kappa shape index (κ2) is 2.74. The predicted octanol–water partition coefficient (Wildman–Crippen LogP) is 2.16. The summed E-state index contributed by atoms with van der Waals surface area (Å²) in [4.78, 5) is 11.4. The topological polar surface area (TPSA) is 17.1 Å². The molecule has 3 atom stereocenters. The monoisotopic (exact) mass is 214 g/mol. The number of hydrogen-bond donors (Lipinski definition) is 0. The highest BCUT2D eigenvalue weighted by molar-refractivity contribution is 9.09. The molecule has 0 heterocycles. The van der Waals surface area contributed by atoms with E-state index in [1.54, 1.807) is 0 Å². The van der Waals surface area contributed by atoms with E-state index < -0.39 is 0 Å². The molecule has 1 nitrogen and oxygen atoms in total. The van der Waals surface area contributed by atoms with E-state index in [9.17, 15) is 4.79 Å². The molecule has 11 heavy (non-hydrogen) atoms. The fourth-order valence-electron chi connectivity index (χ4n) is 2.19. The van der Waals surface area contributed by atoms with Crippen LogP contribution < -0.4 is 0 Å². The van der Waals surface area contributed by atoms with Gasteiger partial charge >= 0.3 is 0 Å². The molecule has 0 bridgehead atoms. The van der Waals surface area contributed by atoms with Crippen molar-refractivity contribution in [2.45, 2.75) is 12.8 Å². The van der Waals surface area contributed by atoms with E-state index in [4.69, 9.17) is 0 Å². The molecule has 2 aliphatic carbocycles. The van der Waals surface area contributed by atoms with Gasteiger partial charge in [-0.15, -0.1) is 0 Å². The maximum atomic E-state index is 11.4. The van der Waals surface area contributed by atoms with E-state index in [2.05, 4.69) is 28.1 Å². The number of allylic oxidation sites excluding steroid dienone is 2. The van der Waals surface area contributed by atoms with Crippen molar-refractivity contribution in [1.82, 2.24) is 0 Å². The van der Waals surface area contributed by atoms with E-state index in [1.165, 1.54) is 0 Å². The van der Waals surface area contributed by atoms with Crippen LogP contribution in [0.5, 0.6) is 0 Å². The van der Waals surface area contributed by atoms with Crippen LogP contribution in [0.15, 0.2) is 12.2 Å². The Bertz CT molecular complexity index is 210. The summed E-state index contributed by atoms with van der Waals surface area (Å²) in [5, 5.41) is 0.959. The smallest absolute Gasteiger partial charge is 0.140 e. The third kappa shape index (κ3) is 0.994. The molecular formula is C9H11BrO. The van der Waals surface area contributed by atoms with Gasteiger partial charge in [-0.3, -0.25) is 4.79 Å². The molecule has 0 amide bonds. The molecule has 0 spiro atoms. The molecule has 0 aromatic rings. The Kier molecular flexibility index (Phi) is 1.88. The molecule has 2 heteroatoms. The highest BCUT2D eigenvalue weighted by Crippen LogP contribution is 2.45. The Labute approximate surface area is 75.0 Å². The van der Waals surface area contributed by atoms with Crippen LogP contribution in [-0.2, 0) is 4.79 Å². The quantitative estimate of drug-likeness (QED) is 0.509. The van der Waals surface area contributed by atoms with Crippen molar-refractivity contribution in [3.63, 3.8) is 0 Å². The van der Waals surface area contributed by atoms with E-state index in [1.807, 2.05) is 0 Å². The van der Waals surface area contributed by atoms with Gasteiger partial charge in [-0.25, -0.2) is 0 Å². The summed E-state index contributed by atoms with van der Waals surface area (Å²) in [5.41, 5.74) is 0. The number of fused-ring (bicyclic) bond motifs is 1. The van der Waals surface area contributed by atoms with Crippen LogP contribution in [0.2, 0.25) is 0 Å². The zero-order valence-corrected chi connectivity index (χ0v) is 7.88. The third-order valence-corrected chi connectivity index (χ3v) is 3.29. The van der Waals surface area contributed by atoms with E-state index in [-0.39, 0.29) is 0 Å². The molecule has 2 rings (SSSR count). The molecule has 0 radical (unpaired) electrons. The zero-order valence-electron chi connectivity index (χ0n) is 6.29. The number of ketones is 1. The van der Waals surface area contributed by atoms with Crippen molar-refractivity contribution in [2.24, 2.45) is 17.8 Å². The minimum absolute atomic E-state index is 0.345. The maximum Gasteiger partial charge on any atom is 0.140 e. The average molecular weight is 215 g/mol. The molecular weight excluding hydrogens is 204 g/mol. The lowest BCUT2D eigenvalue weighted by Crippen LogP contribution is -2.44. The van der Waals surface area contributed by atoms with Crippen molar-refractivity contribution in [3.8, 4) is 0 Å². The number of carbonyl (C=O) groups excluding carboxylic acids is 1. The van der Waals surface area contributed by atoms with Gasteiger partial charge in [0.15, 0.2) is 0 Å². The lowest BCUT2D eigenvalue weighted by Gasteiger charge is -2.37. The van der Waals surface area contributed by atoms with Crippen LogP contribution in [0.1, 0.15) is 12.8 Å². The average Bonchev–Trinajstić information content (AvgIpc) is 2.44. The SMILES string of the molecule is O=C1[C@H]2CC=C[C@H]2[C@H]1CCBr. The third-order valence-electron chi connectivity index (χ3n) is 2.83. The van der Waals surface area contributed by atoms with E-state index >= 15 is 0 Å². The fourth-order valence-corrected chi connectivity index (χ4v) is 2.69. The normalized spacial score (nSPS) is 40.5. The van der Waals surface area contributed by atoms with Crippen LogP contribution in [0.25, 0.3) is 0 Å². The Morgan fingerprint density at radius 1 is 1.64 bits per heavy atom. The summed E-state index contributed by atoms with van der Waals surface area (Å²) in [6, 6.07) is 0. The van der Waals surface area contributed by atoms with Crippen molar-refractivity contribution in [3.05, 3.63) is 12.2 Å². The number of alkyl halides is 1. The summed E-state index contributed by atoms with van der Waals surface area (Å²) >= 11 is 3.37. The molecule has 0 aromatic carbocycles. The molecule has 1 saturated carbocycles. The van der Waals surface area contributed by atoms with Crippen molar-refractivity contribution in [1.29, 1.82) is 0 Å². The molecule has 0 N–H and O–H groups in total. The number of carbonyl (C=O) groups is 1. The minimum atomic E-state index is 0.345. The van der Waals surface area contributed by atoms with Gasteiger partial charge in [-0.2, -0.15) is 0 Å². The largest absolute Gasteiger partial charge is 0.299 e. The Morgan fingerprint density at radius 2 is 2.45 bits per heavy atom. The maximum absolute atomic E-state index is 11.4. The molecule has 1 fully saturated rings. The van der Waals surface area contributed by atoms with Gasteiger partial charge in [-0.1, -0.05) is 28.1 Å². The Balaban J connectivity index is 2.02. The molecule has 0 unspecified atom stereocenters. The first-order valence-corrected chi connectivity index (χ1v) is 5.23. The number of hydrogen-bond acceptors (Lipinski definition) is 1. The van der Waals surface area contributed by atoms with Crippen LogP contribution in [0.3, 0.4) is 0 Å². The molecule has 0 aromatic heterocycles. The van der Waals surface area contributed by atoms with Crippen molar-refractivity contribution < 1.29 is 4.79 Å². The van der Waals surface area contributed by atoms with Crippen LogP contribution >= 0.6 is 15.9 Å². The van der Waals surface area contributed by atoms with E-state index in [0.717, 1.165) is 18.2 Å². The first-order chi connectivity index (χ1) is 5.34. The van der Waals surface area contributed by atoms with Gasteiger partial charge in [0.2, 0.25) is 0 Å². The van der Waals surface area contributed by atoms with Gasteiger partial charge < -0.3 is 0 Å². The van der Waals surface area contributed by atoms with E-state index in [0.29, 0.717) is 23.5 Å². The van der Waals surface area contributed by atoms with Gasteiger partial charge in [0.05, 0.1) is 0 Å². The Morgan fingerprint density at radius 3 is 3.18 bits per heavy atom. The standard InChI is InChI=1S/C9H11BrO/c10-5-4-8-6-2-1-3-7(6)9(8)11/h1-2,6-8H,3-5H2/t6-,7+,8-/m1/s1. The summed E-state index contributed by atoms with van der Waals surface area (Å²) in [7, 11) is 0. The second-order valence-electron chi connectivity index (χ2n) is 3.33. The van der Waals surface area contributed by atoms with Crippen molar-refractivity contribution >= 4 is 21.7 Å². The first kappa shape index (κ1) is 7.53. The first-order valence-electron chi connectivity index (χ1n) is 4.11. The molecule has 0 saturated heterocycles. The highest BCUT2D eigenvalue weighted by atomic mass is 79.9. The molecule has 0 aliphatic heterocycles. The fraction of sp³-hybridized carbons (Fsp3) is 0.667. The van der Waals surface area contributed by atoms with Gasteiger partial charge in [0.1, 0.15) is 5.78 Å². The molecule has 60 valence electrons. The Hall–Kier alpha value is -0.110. The van der Waals surface area contributed by atoms with Gasteiger partial charge in [0.25, 0.3) is 0 Å². The van der Waals surface area contributed by atoms with Crippen LogP contribution in [0, 0.1) is 17.8 Å². The number of rotatable bonds is 2. The predicted molar refractivity (Wildman–Crippen MR) is 47.6 cm³/mol. The second-order valence-corrected chi connectivity index (χ2v) is 4.13. The van der Waals surface area contributed by atoms with Gasteiger partial charge in [0, 0.05) is 17.2 Å². The van der Waals surface area contributed by atoms with Crippen LogP contribution in [0.4, 0.5) is 0 Å². The highest BCUT2D eigenvalue weighted by Gasteiger charge is 2.48. The summed E-state index contributed by atoms with van der Waals surface area (Å²) in [6.07, 6.45) is 6.40.